The van der Waals surface area contributed by atoms with Crippen LogP contribution in [0.4, 0.5) is 29.7 Å². The topological polar surface area (TPSA) is 259 Å². The minimum Gasteiger partial charge on any atom is -0.508 e. The van der Waals surface area contributed by atoms with Crippen LogP contribution in [0, 0.1) is 0 Å². The van der Waals surface area contributed by atoms with Crippen molar-refractivity contribution in [3.05, 3.63) is 66.0 Å². The van der Waals surface area contributed by atoms with E-state index in [0.717, 1.165) is 30.6 Å². The molecule has 0 bridgehead atoms. The third kappa shape index (κ3) is 10.4. The average molecular weight is 829 g/mol. The Bertz CT molecular complexity index is 2040. The highest BCUT2D eigenvalue weighted by atomic mass is 19.4. The molecule has 3 amide bonds. The highest BCUT2D eigenvalue weighted by Gasteiger charge is 2.44. The number of imidazole rings is 1. The Kier molecular flexibility index (Phi) is 13.3. The number of fused-ring (bicyclic) bond motifs is 1. The van der Waals surface area contributed by atoms with Crippen LogP contribution in [0.1, 0.15) is 55.7 Å². The van der Waals surface area contributed by atoms with Crippen molar-refractivity contribution in [3.8, 4) is 11.5 Å². The number of aliphatic carboxylic acids is 1. The first-order valence-electron chi connectivity index (χ1n) is 19.2. The number of carboxylic acid groups (broad SMARTS) is 1. The number of urea groups is 1. The van der Waals surface area contributed by atoms with Gasteiger partial charge in [-0.25, -0.2) is 14.6 Å². The van der Waals surface area contributed by atoms with E-state index in [2.05, 4.69) is 31.6 Å². The number of carbonyl (C=O) groups excluding carboxylic acids is 2. The first-order valence-corrected chi connectivity index (χ1v) is 19.2. The van der Waals surface area contributed by atoms with Crippen molar-refractivity contribution in [1.82, 2.24) is 40.8 Å². The van der Waals surface area contributed by atoms with Gasteiger partial charge in [-0.1, -0.05) is 31.2 Å². The first-order chi connectivity index (χ1) is 28.1. The highest BCUT2D eigenvalue weighted by molar-refractivity contribution is 5.85. The van der Waals surface area contributed by atoms with Crippen molar-refractivity contribution >= 4 is 40.8 Å². The summed E-state index contributed by atoms with van der Waals surface area (Å²) >= 11 is 0. The number of alkyl halides is 3. The molecule has 7 rings (SSSR count). The standard InChI is InChI=1S/C36H46N10O6.C2HF3O2/c1-2-29(49)42-27-15-28(32(51)31(27)50)46-19-39-30-33(38-17-26(20-3-7-24(47)8-4-20)21-5-9-25(48)10-6-21)43-35(44-34(30)46)45-14-12-23(18-45)41-36(52)40-22-11-13-37-16-22;3-2(4,5)1(6)7/h3-10,19,22-23,26-28,31-32,37,47-48,50-51H,2,11-18H2,1H3,(H,42,49)(H,38,43,44)(H2,40,41,52);(H,6,7)/t22-,23-,27+,28-,31-,32+;/m1./s1. The maximum atomic E-state index is 12.8. The lowest BCUT2D eigenvalue weighted by Crippen LogP contribution is -2.47. The summed E-state index contributed by atoms with van der Waals surface area (Å²) < 4.78 is 33.5. The summed E-state index contributed by atoms with van der Waals surface area (Å²) in [6, 6.07) is 12.4. The molecule has 2 aliphatic heterocycles. The van der Waals surface area contributed by atoms with E-state index in [1.54, 1.807) is 42.1 Å². The molecule has 1 aliphatic carbocycles. The van der Waals surface area contributed by atoms with Gasteiger partial charge in [-0.05, 0) is 61.2 Å². The molecular weight excluding hydrogens is 781 g/mol. The van der Waals surface area contributed by atoms with Crippen LogP contribution in [0.15, 0.2) is 54.9 Å². The number of halogens is 3. The number of aromatic nitrogens is 4. The molecule has 2 aromatic carbocycles. The molecule has 0 radical (unpaired) electrons. The zero-order valence-corrected chi connectivity index (χ0v) is 31.9. The largest absolute Gasteiger partial charge is 0.508 e. The minimum absolute atomic E-state index is 0.100. The van der Waals surface area contributed by atoms with Crippen LogP contribution in [0.2, 0.25) is 0 Å². The highest BCUT2D eigenvalue weighted by Crippen LogP contribution is 2.36. The van der Waals surface area contributed by atoms with Crippen LogP contribution >= 0.6 is 0 Å². The van der Waals surface area contributed by atoms with Crippen molar-refractivity contribution in [2.45, 2.75) is 81.1 Å². The number of carbonyl (C=O) groups is 3. The number of carboxylic acids is 1. The van der Waals surface area contributed by atoms with Crippen LogP contribution in [0.25, 0.3) is 11.2 Å². The zero-order valence-electron chi connectivity index (χ0n) is 31.9. The number of aliphatic hydroxyl groups excluding tert-OH is 2. The lowest BCUT2D eigenvalue weighted by Gasteiger charge is -2.22. The van der Waals surface area contributed by atoms with E-state index < -0.39 is 36.4 Å². The predicted octanol–water partition coefficient (Wildman–Crippen LogP) is 1.92. The van der Waals surface area contributed by atoms with Crippen LogP contribution in [-0.4, -0.2) is 132 Å². The average Bonchev–Trinajstić information content (AvgIpc) is 4.02. The summed E-state index contributed by atoms with van der Waals surface area (Å²) in [6.45, 7) is 4.80. The summed E-state index contributed by atoms with van der Waals surface area (Å²) in [6.07, 6.45) is -3.76. The number of nitrogens with zero attached hydrogens (tertiary/aromatic N) is 5. The molecule has 4 heterocycles. The van der Waals surface area contributed by atoms with Gasteiger partial charge < -0.3 is 61.6 Å². The molecule has 2 aromatic heterocycles. The normalized spacial score (nSPS) is 22.9. The number of amides is 3. The molecule has 4 aromatic rings. The Morgan fingerprint density at radius 2 is 1.54 bits per heavy atom. The van der Waals surface area contributed by atoms with E-state index in [9.17, 15) is 43.2 Å². The van der Waals surface area contributed by atoms with E-state index in [-0.39, 0.29) is 54.3 Å². The number of nitrogens with one attached hydrogen (secondary N) is 5. The number of aliphatic hydroxyl groups is 2. The molecule has 318 valence electrons. The molecular formula is C38H47F3N10O8. The number of phenolic OH excluding ortho intramolecular Hbond substituents is 2. The number of anilines is 2. The van der Waals surface area contributed by atoms with Crippen molar-refractivity contribution < 1.29 is 53.1 Å². The number of hydrogen-bond donors (Lipinski definition) is 10. The Morgan fingerprint density at radius 1 is 0.915 bits per heavy atom. The van der Waals surface area contributed by atoms with Gasteiger partial charge in [0.1, 0.15) is 23.7 Å². The number of phenols is 2. The molecule has 0 unspecified atom stereocenters. The molecule has 21 heteroatoms. The van der Waals surface area contributed by atoms with E-state index in [0.29, 0.717) is 49.0 Å². The van der Waals surface area contributed by atoms with Crippen molar-refractivity contribution in [1.29, 1.82) is 0 Å². The van der Waals surface area contributed by atoms with Gasteiger partial charge in [-0.2, -0.15) is 23.1 Å². The summed E-state index contributed by atoms with van der Waals surface area (Å²) in [5.41, 5.74) is 2.76. The quantitative estimate of drug-likeness (QED) is 0.104. The minimum atomic E-state index is -5.08. The molecule has 2 saturated heterocycles. The van der Waals surface area contributed by atoms with Gasteiger partial charge in [0.2, 0.25) is 11.9 Å². The first kappa shape index (κ1) is 42.7. The van der Waals surface area contributed by atoms with Gasteiger partial charge in [0, 0.05) is 50.6 Å². The second-order valence-corrected chi connectivity index (χ2v) is 14.7. The molecule has 1 saturated carbocycles. The van der Waals surface area contributed by atoms with Crippen LogP contribution in [-0.2, 0) is 9.59 Å². The third-order valence-corrected chi connectivity index (χ3v) is 10.6. The van der Waals surface area contributed by atoms with Crippen LogP contribution in [0.3, 0.4) is 0 Å². The predicted molar refractivity (Wildman–Crippen MR) is 207 cm³/mol. The molecule has 3 aliphatic rings. The Hall–Kier alpha value is -5.93. The smallest absolute Gasteiger partial charge is 0.490 e. The maximum Gasteiger partial charge on any atom is 0.490 e. The fourth-order valence-electron chi connectivity index (χ4n) is 7.44. The zero-order chi connectivity index (χ0) is 42.4. The SMILES string of the molecule is CCC(=O)N[C@H]1C[C@@H](n2cnc3c(NCC(c4ccc(O)cc4)c4ccc(O)cc4)nc(N4CC[C@@H](NC(=O)N[C@@H]5CCNC5)C4)nc32)[C@H](O)[C@@H]1O.O=C(O)C(F)(F)F. The number of rotatable bonds is 11. The lowest BCUT2D eigenvalue weighted by atomic mass is 9.91. The van der Waals surface area contributed by atoms with E-state index in [1.165, 1.54) is 0 Å². The van der Waals surface area contributed by atoms with E-state index >= 15 is 0 Å². The van der Waals surface area contributed by atoms with Gasteiger partial charge in [-0.15, -0.1) is 0 Å². The van der Waals surface area contributed by atoms with Crippen molar-refractivity contribution in [3.63, 3.8) is 0 Å². The molecule has 59 heavy (non-hydrogen) atoms. The second-order valence-electron chi connectivity index (χ2n) is 14.7. The van der Waals surface area contributed by atoms with Gasteiger partial charge in [0.05, 0.1) is 18.4 Å². The van der Waals surface area contributed by atoms with Gasteiger partial charge in [0.25, 0.3) is 0 Å². The number of aromatic hydroxyl groups is 2. The fraction of sp³-hybridized carbons (Fsp3) is 0.474. The van der Waals surface area contributed by atoms with Gasteiger partial charge >= 0.3 is 18.2 Å². The molecule has 18 nitrogen and oxygen atoms in total. The molecule has 3 fully saturated rings. The lowest BCUT2D eigenvalue weighted by molar-refractivity contribution is -0.192. The maximum absolute atomic E-state index is 12.8. The Labute approximate surface area is 335 Å². The number of benzene rings is 2. The number of hydrogen-bond acceptors (Lipinski definition) is 13. The van der Waals surface area contributed by atoms with Crippen LogP contribution < -0.4 is 31.5 Å². The van der Waals surface area contributed by atoms with E-state index in [1.807, 2.05) is 29.2 Å². The monoisotopic (exact) mass is 828 g/mol. The van der Waals surface area contributed by atoms with E-state index in [4.69, 9.17) is 19.9 Å². The third-order valence-electron chi connectivity index (χ3n) is 10.6. The van der Waals surface area contributed by atoms with Crippen molar-refractivity contribution in [2.75, 3.05) is 42.9 Å². The van der Waals surface area contributed by atoms with Crippen molar-refractivity contribution in [2.24, 2.45) is 0 Å². The second kappa shape index (κ2) is 18.3. The molecule has 10 N–H and O–H groups in total. The van der Waals surface area contributed by atoms with Gasteiger partial charge in [-0.3, -0.25) is 4.79 Å². The summed E-state index contributed by atoms with van der Waals surface area (Å²) in [4.78, 5) is 50.4. The van der Waals surface area contributed by atoms with Gasteiger partial charge in [0.15, 0.2) is 17.0 Å². The summed E-state index contributed by atoms with van der Waals surface area (Å²) in [5, 5.41) is 64.8. The molecule has 6 atom stereocenters. The fourth-order valence-corrected chi connectivity index (χ4v) is 7.44. The Morgan fingerprint density at radius 3 is 2.12 bits per heavy atom. The summed E-state index contributed by atoms with van der Waals surface area (Å²) in [7, 11) is 0. The van der Waals surface area contributed by atoms with Crippen LogP contribution in [0.5, 0.6) is 11.5 Å². The Balaban J connectivity index is 0.000000768. The summed E-state index contributed by atoms with van der Waals surface area (Å²) in [5.74, 6) is -2.02. The molecule has 0 spiro atoms.